The van der Waals surface area contributed by atoms with Gasteiger partial charge < -0.3 is 10.6 Å². The van der Waals surface area contributed by atoms with Gasteiger partial charge in [0.25, 0.3) is 5.69 Å². The number of non-ortho nitro benzene ring substituents is 1. The molecule has 5 aromatic carbocycles. The minimum atomic E-state index is -0.429. The summed E-state index contributed by atoms with van der Waals surface area (Å²) in [5.41, 5.74) is 2.72. The van der Waals surface area contributed by atoms with Crippen molar-refractivity contribution in [1.82, 2.24) is 9.97 Å². The van der Waals surface area contributed by atoms with Crippen molar-refractivity contribution in [2.75, 3.05) is 10.6 Å². The molecule has 0 spiro atoms. The van der Waals surface area contributed by atoms with Gasteiger partial charge in [-0.15, -0.1) is 0 Å². The molecule has 1 heterocycles. The van der Waals surface area contributed by atoms with Crippen molar-refractivity contribution in [3.63, 3.8) is 0 Å². The van der Waals surface area contributed by atoms with Crippen LogP contribution in [0, 0.1) is 10.1 Å². The summed E-state index contributed by atoms with van der Waals surface area (Å²) >= 11 is 0. The smallest absolute Gasteiger partial charge is 0.271 e. The molecule has 6 aromatic rings. The molecule has 0 atom stereocenters. The van der Waals surface area contributed by atoms with Crippen LogP contribution in [0.25, 0.3) is 32.6 Å². The van der Waals surface area contributed by atoms with Crippen LogP contribution < -0.4 is 10.6 Å². The van der Waals surface area contributed by atoms with Gasteiger partial charge >= 0.3 is 0 Å². The minimum Gasteiger partial charge on any atom is -0.337 e. The van der Waals surface area contributed by atoms with Gasteiger partial charge in [0.2, 0.25) is 0 Å². The monoisotopic (exact) mass is 457 g/mol. The average molecular weight is 457 g/mol. The molecule has 0 saturated carbocycles. The first-order chi connectivity index (χ1) is 17.2. The first-order valence-electron chi connectivity index (χ1n) is 11.1. The van der Waals surface area contributed by atoms with Gasteiger partial charge in [-0.25, -0.2) is 9.97 Å². The molecule has 0 saturated heterocycles. The van der Waals surface area contributed by atoms with Crippen LogP contribution in [-0.2, 0) is 0 Å². The fraction of sp³-hybridized carbons (Fsp3) is 0. The molecule has 0 aliphatic carbocycles. The lowest BCUT2D eigenvalue weighted by molar-refractivity contribution is -0.384. The lowest BCUT2D eigenvalue weighted by atomic mass is 10.1. The summed E-state index contributed by atoms with van der Waals surface area (Å²) in [7, 11) is 0. The van der Waals surface area contributed by atoms with E-state index in [1.807, 2.05) is 72.8 Å². The number of nitro benzene ring substituents is 1. The van der Waals surface area contributed by atoms with Gasteiger partial charge in [0.1, 0.15) is 0 Å². The summed E-state index contributed by atoms with van der Waals surface area (Å²) in [6.07, 6.45) is 0. The Hall–Kier alpha value is -5.04. The van der Waals surface area contributed by atoms with Crippen LogP contribution in [0.3, 0.4) is 0 Å². The van der Waals surface area contributed by atoms with Crippen LogP contribution in [-0.4, -0.2) is 14.9 Å². The summed E-state index contributed by atoms with van der Waals surface area (Å²) in [4.78, 5) is 20.5. The van der Waals surface area contributed by atoms with Crippen molar-refractivity contribution in [2.45, 2.75) is 0 Å². The molecular weight excluding hydrogens is 438 g/mol. The van der Waals surface area contributed by atoms with Gasteiger partial charge in [0.15, 0.2) is 11.6 Å². The Labute approximate surface area is 200 Å². The summed E-state index contributed by atoms with van der Waals surface area (Å²) in [5.74, 6) is 0.998. The molecule has 35 heavy (non-hydrogen) atoms. The molecular formula is C28H19N5O2. The van der Waals surface area contributed by atoms with E-state index < -0.39 is 4.92 Å². The van der Waals surface area contributed by atoms with E-state index in [0.29, 0.717) is 22.7 Å². The van der Waals surface area contributed by atoms with E-state index in [0.717, 1.165) is 32.9 Å². The first-order valence-corrected chi connectivity index (χ1v) is 11.1. The van der Waals surface area contributed by atoms with Gasteiger partial charge in [-0.2, -0.15) is 0 Å². The molecule has 1 aromatic heterocycles. The second kappa shape index (κ2) is 8.39. The zero-order chi connectivity index (χ0) is 23.8. The lowest BCUT2D eigenvalue weighted by Crippen LogP contribution is -2.04. The number of rotatable bonds is 5. The number of fused-ring (bicyclic) bond motifs is 3. The zero-order valence-corrected chi connectivity index (χ0v) is 18.5. The van der Waals surface area contributed by atoms with Crippen LogP contribution in [0.15, 0.2) is 103 Å². The highest BCUT2D eigenvalue weighted by Gasteiger charge is 2.15. The number of aromatic nitrogens is 2. The topological polar surface area (TPSA) is 93.0 Å². The van der Waals surface area contributed by atoms with Gasteiger partial charge in [-0.3, -0.25) is 10.1 Å². The van der Waals surface area contributed by atoms with E-state index in [-0.39, 0.29) is 5.69 Å². The molecule has 0 amide bonds. The van der Waals surface area contributed by atoms with E-state index in [1.165, 1.54) is 12.1 Å². The average Bonchev–Trinajstić information content (AvgIpc) is 2.89. The maximum atomic E-state index is 11.3. The van der Waals surface area contributed by atoms with Crippen LogP contribution in [0.1, 0.15) is 0 Å². The molecule has 2 N–H and O–H groups in total. The maximum Gasteiger partial charge on any atom is 0.271 e. The lowest BCUT2D eigenvalue weighted by Gasteiger charge is -2.16. The Balaban J connectivity index is 1.52. The molecule has 0 fully saturated rings. The van der Waals surface area contributed by atoms with Crippen molar-refractivity contribution in [3.8, 4) is 0 Å². The summed E-state index contributed by atoms with van der Waals surface area (Å²) < 4.78 is 0. The fourth-order valence-electron chi connectivity index (χ4n) is 4.25. The minimum absolute atomic E-state index is 0.0299. The van der Waals surface area contributed by atoms with E-state index in [2.05, 4.69) is 22.8 Å². The fourth-order valence-corrected chi connectivity index (χ4v) is 4.25. The maximum absolute atomic E-state index is 11.3. The molecule has 6 rings (SSSR count). The molecule has 0 radical (unpaired) electrons. The Kier molecular flexibility index (Phi) is 4.93. The zero-order valence-electron chi connectivity index (χ0n) is 18.5. The van der Waals surface area contributed by atoms with Crippen LogP contribution in [0.4, 0.5) is 28.7 Å². The molecule has 0 unspecified atom stereocenters. The Bertz CT molecular complexity index is 1740. The van der Waals surface area contributed by atoms with Crippen LogP contribution in [0.5, 0.6) is 0 Å². The van der Waals surface area contributed by atoms with Crippen molar-refractivity contribution in [3.05, 3.63) is 113 Å². The third-order valence-electron chi connectivity index (χ3n) is 5.94. The third kappa shape index (κ3) is 3.85. The van der Waals surface area contributed by atoms with Gasteiger partial charge in [0.05, 0.1) is 16.0 Å². The van der Waals surface area contributed by atoms with Crippen LogP contribution >= 0.6 is 0 Å². The number of nitrogens with one attached hydrogen (secondary N) is 2. The van der Waals surface area contributed by atoms with Crippen molar-refractivity contribution in [2.24, 2.45) is 0 Å². The molecule has 0 aliphatic heterocycles. The predicted octanol–water partition coefficient (Wildman–Crippen LogP) is 7.33. The third-order valence-corrected chi connectivity index (χ3v) is 5.94. The Morgan fingerprint density at radius 3 is 1.69 bits per heavy atom. The Morgan fingerprint density at radius 2 is 1.11 bits per heavy atom. The summed E-state index contributed by atoms with van der Waals surface area (Å²) in [6, 6.07) is 32.7. The number of nitro groups is 1. The molecule has 7 heteroatoms. The van der Waals surface area contributed by atoms with E-state index >= 15 is 0 Å². The van der Waals surface area contributed by atoms with E-state index in [4.69, 9.17) is 9.97 Å². The van der Waals surface area contributed by atoms with E-state index in [9.17, 15) is 10.1 Å². The van der Waals surface area contributed by atoms with Gasteiger partial charge in [-0.1, -0.05) is 72.8 Å². The van der Waals surface area contributed by atoms with Crippen LogP contribution in [0.2, 0.25) is 0 Å². The van der Waals surface area contributed by atoms with Gasteiger partial charge in [0, 0.05) is 34.3 Å². The molecule has 0 aliphatic rings. The quantitative estimate of drug-likeness (QED) is 0.208. The second-order valence-electron chi connectivity index (χ2n) is 8.15. The second-order valence-corrected chi connectivity index (χ2v) is 8.15. The van der Waals surface area contributed by atoms with Crippen molar-refractivity contribution < 1.29 is 4.92 Å². The van der Waals surface area contributed by atoms with Crippen molar-refractivity contribution in [1.29, 1.82) is 0 Å². The standard InChI is InChI=1S/C28H19N5O2/c34-33(35)20-15-16-25-26(17-20)32-28(30-24-14-6-10-19-8-2-4-12-22(19)24)27(31-25)29-23-13-5-9-18-7-1-3-11-21(18)23/h1-17H,(H,29,31)(H,30,32). The molecule has 168 valence electrons. The Morgan fingerprint density at radius 1 is 0.600 bits per heavy atom. The van der Waals surface area contributed by atoms with Crippen molar-refractivity contribution >= 4 is 61.3 Å². The highest BCUT2D eigenvalue weighted by molar-refractivity contribution is 5.99. The molecule has 0 bridgehead atoms. The summed E-state index contributed by atoms with van der Waals surface area (Å²) in [6.45, 7) is 0. The SMILES string of the molecule is O=[N+]([O-])c1ccc2nc(Nc3cccc4ccccc34)c(Nc3cccc4ccccc34)nc2c1. The number of hydrogen-bond donors (Lipinski definition) is 2. The highest BCUT2D eigenvalue weighted by atomic mass is 16.6. The van der Waals surface area contributed by atoms with E-state index in [1.54, 1.807) is 6.07 Å². The number of benzene rings is 5. The first kappa shape index (κ1) is 20.6. The highest BCUT2D eigenvalue weighted by Crippen LogP contribution is 2.33. The number of hydrogen-bond acceptors (Lipinski definition) is 6. The van der Waals surface area contributed by atoms with Gasteiger partial charge in [-0.05, 0) is 29.0 Å². The number of nitrogens with zero attached hydrogens (tertiary/aromatic N) is 3. The predicted molar refractivity (Wildman–Crippen MR) is 141 cm³/mol. The normalized spacial score (nSPS) is 11.1. The number of anilines is 4. The largest absolute Gasteiger partial charge is 0.337 e. The summed E-state index contributed by atoms with van der Waals surface area (Å²) in [5, 5.41) is 22.5. The molecule has 7 nitrogen and oxygen atoms in total.